The van der Waals surface area contributed by atoms with Gasteiger partial charge in [0.05, 0.1) is 24.7 Å². The molecule has 0 aromatic rings. The van der Waals surface area contributed by atoms with Gasteiger partial charge in [-0.05, 0) is 75.2 Å². The van der Waals surface area contributed by atoms with E-state index in [1.54, 1.807) is 13.0 Å². The number of epoxide rings is 1. The standard InChI is InChI=1S/C36H62O8Si/c1-13-29(44-45(11,12)35(7,8)9)26(5)34-30(42-34)21-23(2)15-14-16-24(3)33-25(4)17-18-31(41-27(6)37)36(10,40)20-19-28(38)22-32(39)43-33/h14-18,23,25-26,28-31,33-34,38,40H,13,19-22H2,1-12H3/b15-14+,18-17+,24-16+/t23-,25+,26-,28-,29+,30-,31+,33-,34-,36-/m1/s1. The molecular weight excluding hydrogens is 588 g/mol. The average molecular weight is 651 g/mol. The first kappa shape index (κ1) is 39.4. The number of cyclic esters (lactones) is 1. The molecule has 8 nitrogen and oxygen atoms in total. The summed E-state index contributed by atoms with van der Waals surface area (Å²) in [5, 5.41) is 21.6. The lowest BCUT2D eigenvalue weighted by atomic mass is 9.88. The van der Waals surface area contributed by atoms with Gasteiger partial charge in [0.1, 0.15) is 17.8 Å². The minimum atomic E-state index is -1.86. The van der Waals surface area contributed by atoms with Crippen LogP contribution in [0.3, 0.4) is 0 Å². The van der Waals surface area contributed by atoms with Gasteiger partial charge in [-0.1, -0.05) is 72.8 Å². The van der Waals surface area contributed by atoms with E-state index in [9.17, 15) is 19.8 Å². The SMILES string of the molecule is CC[C@H](O[Si](C)(C)C(C)(C)C)[C@@H](C)[C@H]1O[C@@H]1C[C@H](C)/C=C/C=C(\C)[C@H]1OC(=O)C[C@H](O)CC[C@@](C)(O)[C@@H](OC(C)=O)/C=C/[C@@H]1C. The van der Waals surface area contributed by atoms with Crippen molar-refractivity contribution in [3.8, 4) is 0 Å². The topological polar surface area (TPSA) is 115 Å². The predicted octanol–water partition coefficient (Wildman–Crippen LogP) is 7.05. The highest BCUT2D eigenvalue weighted by Crippen LogP contribution is 2.42. The first-order valence-corrected chi connectivity index (χ1v) is 19.7. The fourth-order valence-corrected chi connectivity index (χ4v) is 7.20. The van der Waals surface area contributed by atoms with Crippen LogP contribution in [0.1, 0.15) is 101 Å². The number of hydrogen-bond acceptors (Lipinski definition) is 8. The molecule has 1 fully saturated rings. The maximum Gasteiger partial charge on any atom is 0.309 e. The smallest absolute Gasteiger partial charge is 0.309 e. The van der Waals surface area contributed by atoms with Crippen LogP contribution in [0.2, 0.25) is 18.1 Å². The van der Waals surface area contributed by atoms with Crippen LogP contribution in [0.4, 0.5) is 0 Å². The number of carbonyl (C=O) groups is 2. The third-order valence-electron chi connectivity index (χ3n) is 9.85. The third kappa shape index (κ3) is 12.1. The van der Waals surface area contributed by atoms with Gasteiger partial charge in [0.15, 0.2) is 8.32 Å². The van der Waals surface area contributed by atoms with Crippen LogP contribution in [0.5, 0.6) is 0 Å². The van der Waals surface area contributed by atoms with Crippen molar-refractivity contribution in [1.29, 1.82) is 0 Å². The van der Waals surface area contributed by atoms with Crippen molar-refractivity contribution in [3.05, 3.63) is 36.0 Å². The normalized spacial score (nSPS) is 33.4. The van der Waals surface area contributed by atoms with E-state index >= 15 is 0 Å². The number of hydrogen-bond donors (Lipinski definition) is 2. The molecule has 0 spiro atoms. The number of aliphatic hydroxyl groups excluding tert-OH is 1. The van der Waals surface area contributed by atoms with E-state index in [1.165, 1.54) is 6.92 Å². The van der Waals surface area contributed by atoms with Crippen LogP contribution >= 0.6 is 0 Å². The van der Waals surface area contributed by atoms with Crippen molar-refractivity contribution in [2.24, 2.45) is 17.8 Å². The number of esters is 2. The van der Waals surface area contributed by atoms with Gasteiger partial charge < -0.3 is 28.8 Å². The molecule has 0 saturated carbocycles. The zero-order valence-corrected chi connectivity index (χ0v) is 31.0. The van der Waals surface area contributed by atoms with Crippen molar-refractivity contribution in [2.75, 3.05) is 0 Å². The van der Waals surface area contributed by atoms with Crippen molar-refractivity contribution in [3.63, 3.8) is 0 Å². The van der Waals surface area contributed by atoms with Gasteiger partial charge in [0, 0.05) is 24.9 Å². The fourth-order valence-electron chi connectivity index (χ4n) is 5.70. The molecule has 0 aliphatic carbocycles. The Balaban J connectivity index is 2.09. The largest absolute Gasteiger partial charge is 0.457 e. The van der Waals surface area contributed by atoms with Crippen molar-refractivity contribution in [1.82, 2.24) is 0 Å². The van der Waals surface area contributed by atoms with Crippen molar-refractivity contribution >= 4 is 20.3 Å². The molecule has 10 atom stereocenters. The zero-order chi connectivity index (χ0) is 34.3. The molecule has 9 heteroatoms. The summed E-state index contributed by atoms with van der Waals surface area (Å²) in [4.78, 5) is 24.5. The number of rotatable bonds is 11. The fraction of sp³-hybridized carbons (Fsp3) is 0.778. The lowest BCUT2D eigenvalue weighted by Gasteiger charge is -2.40. The van der Waals surface area contributed by atoms with E-state index in [0.717, 1.165) is 18.4 Å². The van der Waals surface area contributed by atoms with Crippen LogP contribution in [-0.2, 0) is 28.2 Å². The van der Waals surface area contributed by atoms with Crippen molar-refractivity contribution < 1.29 is 38.4 Å². The van der Waals surface area contributed by atoms with Crippen LogP contribution in [0.25, 0.3) is 0 Å². The monoisotopic (exact) mass is 650 g/mol. The van der Waals surface area contributed by atoms with E-state index in [4.69, 9.17) is 18.6 Å². The lowest BCUT2D eigenvalue weighted by Crippen LogP contribution is -2.46. The Hall–Kier alpha value is -1.78. The summed E-state index contributed by atoms with van der Waals surface area (Å²) in [6.07, 6.45) is 9.74. The molecule has 45 heavy (non-hydrogen) atoms. The minimum absolute atomic E-state index is 0.152. The van der Waals surface area contributed by atoms with E-state index in [2.05, 4.69) is 60.7 Å². The second kappa shape index (κ2) is 16.4. The molecule has 2 rings (SSSR count). The summed E-state index contributed by atoms with van der Waals surface area (Å²) >= 11 is 0. The second-order valence-electron chi connectivity index (χ2n) is 15.3. The third-order valence-corrected chi connectivity index (χ3v) is 14.4. The summed E-state index contributed by atoms with van der Waals surface area (Å²) in [6.45, 7) is 24.8. The molecule has 0 aromatic carbocycles. The Labute approximate surface area is 273 Å². The highest BCUT2D eigenvalue weighted by atomic mass is 28.4. The molecule has 0 unspecified atom stereocenters. The lowest BCUT2D eigenvalue weighted by molar-refractivity contribution is -0.157. The predicted molar refractivity (Wildman–Crippen MR) is 181 cm³/mol. The number of aliphatic hydroxyl groups is 2. The Morgan fingerprint density at radius 1 is 1.22 bits per heavy atom. The van der Waals surface area contributed by atoms with Gasteiger partial charge in [-0.2, -0.15) is 0 Å². The molecule has 1 saturated heterocycles. The molecule has 2 N–H and O–H groups in total. The zero-order valence-electron chi connectivity index (χ0n) is 30.0. The summed E-state index contributed by atoms with van der Waals surface area (Å²) in [5.74, 6) is -0.658. The van der Waals surface area contributed by atoms with E-state index in [0.29, 0.717) is 5.92 Å². The Morgan fingerprint density at radius 3 is 2.44 bits per heavy atom. The van der Waals surface area contributed by atoms with E-state index in [-0.39, 0.29) is 54.4 Å². The molecule has 2 heterocycles. The van der Waals surface area contributed by atoms with Crippen LogP contribution in [0.15, 0.2) is 36.0 Å². The average Bonchev–Trinajstić information content (AvgIpc) is 3.68. The number of ether oxygens (including phenoxy) is 3. The van der Waals surface area contributed by atoms with Crippen LogP contribution in [-0.4, -0.2) is 72.7 Å². The number of allylic oxidation sites excluding steroid dienone is 3. The van der Waals surface area contributed by atoms with Gasteiger partial charge in [-0.15, -0.1) is 0 Å². The molecule has 258 valence electrons. The maximum absolute atomic E-state index is 12.7. The van der Waals surface area contributed by atoms with Gasteiger partial charge >= 0.3 is 11.9 Å². The van der Waals surface area contributed by atoms with Crippen LogP contribution < -0.4 is 0 Å². The molecular formula is C36H62O8Si. The Kier molecular flexibility index (Phi) is 14.3. The Bertz CT molecular complexity index is 1070. The maximum atomic E-state index is 12.7. The Morgan fingerprint density at radius 2 is 1.87 bits per heavy atom. The summed E-state index contributed by atoms with van der Waals surface area (Å²) < 4.78 is 24.2. The molecule has 0 radical (unpaired) electrons. The van der Waals surface area contributed by atoms with E-state index < -0.39 is 44.2 Å². The minimum Gasteiger partial charge on any atom is -0.457 e. The molecule has 0 aromatic heterocycles. The second-order valence-corrected chi connectivity index (χ2v) is 20.0. The van der Waals surface area contributed by atoms with E-state index in [1.807, 2.05) is 32.1 Å². The number of carbonyl (C=O) groups excluding carboxylic acids is 2. The molecule has 2 aliphatic heterocycles. The summed E-state index contributed by atoms with van der Waals surface area (Å²) in [6, 6.07) is 0. The molecule has 0 bridgehead atoms. The van der Waals surface area contributed by atoms with Gasteiger partial charge in [-0.3, -0.25) is 9.59 Å². The van der Waals surface area contributed by atoms with Crippen molar-refractivity contribution in [2.45, 2.75) is 162 Å². The summed E-state index contributed by atoms with van der Waals surface area (Å²) in [5.41, 5.74) is -0.559. The summed E-state index contributed by atoms with van der Waals surface area (Å²) in [7, 11) is -1.86. The highest BCUT2D eigenvalue weighted by molar-refractivity contribution is 6.74. The molecule has 2 aliphatic rings. The van der Waals surface area contributed by atoms with Gasteiger partial charge in [-0.25, -0.2) is 0 Å². The highest BCUT2D eigenvalue weighted by Gasteiger charge is 2.48. The van der Waals surface area contributed by atoms with Gasteiger partial charge in [0.25, 0.3) is 0 Å². The van der Waals surface area contributed by atoms with Crippen LogP contribution in [0, 0.1) is 17.8 Å². The van der Waals surface area contributed by atoms with Gasteiger partial charge in [0.2, 0.25) is 0 Å². The quantitative estimate of drug-likeness (QED) is 0.0804. The first-order chi connectivity index (χ1) is 20.7. The first-order valence-electron chi connectivity index (χ1n) is 16.8. The molecule has 0 amide bonds.